The zero-order chi connectivity index (χ0) is 41.6. The monoisotopic (exact) mass is 785 g/mol. The Morgan fingerprint density at radius 2 is 1.77 bits per heavy atom. The number of hydrogen-bond donors (Lipinski definition) is 8. The second kappa shape index (κ2) is 20.7. The van der Waals surface area contributed by atoms with Crippen LogP contribution in [0, 0.1) is 18.3 Å². The van der Waals surface area contributed by atoms with Crippen LogP contribution >= 0.6 is 0 Å². The largest absolute Gasteiger partial charge is 0.507 e. The van der Waals surface area contributed by atoms with E-state index in [1.807, 2.05) is 0 Å². The Morgan fingerprint density at radius 3 is 2.44 bits per heavy atom. The highest BCUT2D eigenvalue weighted by Gasteiger charge is 2.37. The molecule has 0 radical (unpaired) electrons. The van der Waals surface area contributed by atoms with Crippen molar-refractivity contribution in [2.75, 3.05) is 26.2 Å². The van der Waals surface area contributed by atoms with Gasteiger partial charge >= 0.3 is 0 Å². The normalized spacial score (nSPS) is 17.2. The molecule has 0 spiro atoms. The number of phenols is 2. The summed E-state index contributed by atoms with van der Waals surface area (Å²) in [6, 6.07) is 4.87. The first-order valence-electron chi connectivity index (χ1n) is 19.0. The van der Waals surface area contributed by atoms with E-state index in [1.165, 1.54) is 49.5 Å². The minimum atomic E-state index is -1.57. The minimum Gasteiger partial charge on any atom is -0.507 e. The molecule has 0 unspecified atom stereocenters. The van der Waals surface area contributed by atoms with Crippen LogP contribution in [0.4, 0.5) is 0 Å². The second-order valence-electron chi connectivity index (χ2n) is 13.9. The van der Waals surface area contributed by atoms with Gasteiger partial charge < -0.3 is 47.2 Å². The zero-order valence-electron chi connectivity index (χ0n) is 32.4. The van der Waals surface area contributed by atoms with Crippen LogP contribution < -0.4 is 27.0 Å². The number of nitrogens with two attached hydrogens (primary N) is 1. The highest BCUT2D eigenvalue weighted by atomic mass is 16.3. The lowest BCUT2D eigenvalue weighted by molar-refractivity contribution is -0.143. The Labute approximate surface area is 331 Å². The van der Waals surface area contributed by atoms with E-state index in [-0.39, 0.29) is 59.7 Å². The number of benzene rings is 2. The van der Waals surface area contributed by atoms with E-state index in [0.29, 0.717) is 23.5 Å². The van der Waals surface area contributed by atoms with E-state index in [2.05, 4.69) is 38.2 Å². The van der Waals surface area contributed by atoms with Gasteiger partial charge in [0.1, 0.15) is 48.0 Å². The first-order valence-corrected chi connectivity index (χ1v) is 19.0. The summed E-state index contributed by atoms with van der Waals surface area (Å²) < 4.78 is 0. The topological polar surface area (TPSA) is 273 Å². The molecule has 304 valence electrons. The van der Waals surface area contributed by atoms with E-state index in [9.17, 15) is 39.3 Å². The van der Waals surface area contributed by atoms with E-state index in [1.54, 1.807) is 13.0 Å². The smallest absolute Gasteiger partial charge is 0.255 e. The molecule has 3 aromatic rings. The number of nitriles is 1. The summed E-state index contributed by atoms with van der Waals surface area (Å²) in [6.07, 6.45) is 6.02. The molecule has 4 atom stereocenters. The number of amides is 5. The Hall–Kier alpha value is -6.12. The molecule has 4 rings (SSSR count). The molecule has 2 heterocycles. The number of aliphatic hydroxyl groups is 1. The maximum Gasteiger partial charge on any atom is 0.255 e. The molecule has 1 aromatic heterocycles. The van der Waals surface area contributed by atoms with Gasteiger partial charge in [0, 0.05) is 36.7 Å². The third-order valence-electron chi connectivity index (χ3n) is 9.62. The number of rotatable bonds is 15. The Kier molecular flexibility index (Phi) is 15.8. The summed E-state index contributed by atoms with van der Waals surface area (Å²) in [5.41, 5.74) is 7.22. The minimum absolute atomic E-state index is 0.0496. The van der Waals surface area contributed by atoms with Crippen LogP contribution in [-0.4, -0.2) is 104 Å². The summed E-state index contributed by atoms with van der Waals surface area (Å²) in [5.74, 6) is -3.73. The lowest BCUT2D eigenvalue weighted by Crippen LogP contribution is -2.57. The average molecular weight is 786 g/mol. The molecule has 17 heteroatoms. The first kappa shape index (κ1) is 43.6. The second-order valence-corrected chi connectivity index (χ2v) is 13.9. The number of nitrogens with one attached hydrogen (secondary N) is 4. The van der Waals surface area contributed by atoms with Crippen LogP contribution in [-0.2, 0) is 32.0 Å². The fourth-order valence-corrected chi connectivity index (χ4v) is 6.59. The molecule has 4 bridgehead atoms. The third-order valence-corrected chi connectivity index (χ3v) is 9.62. The number of carbonyl (C=O) groups is 5. The van der Waals surface area contributed by atoms with Crippen LogP contribution in [0.15, 0.2) is 42.6 Å². The van der Waals surface area contributed by atoms with Gasteiger partial charge in [-0.1, -0.05) is 38.3 Å². The summed E-state index contributed by atoms with van der Waals surface area (Å²) >= 11 is 0. The van der Waals surface area contributed by atoms with Crippen molar-refractivity contribution in [2.24, 2.45) is 5.73 Å². The average Bonchev–Trinajstić information content (AvgIpc) is 3.18. The quantitative estimate of drug-likeness (QED) is 0.0797. The van der Waals surface area contributed by atoms with Crippen molar-refractivity contribution >= 4 is 29.5 Å². The van der Waals surface area contributed by atoms with Gasteiger partial charge in [0.15, 0.2) is 0 Å². The number of fused-ring (bicyclic) bond motifs is 5. The van der Waals surface area contributed by atoms with Crippen molar-refractivity contribution in [3.8, 4) is 28.7 Å². The van der Waals surface area contributed by atoms with Crippen molar-refractivity contribution in [2.45, 2.75) is 89.9 Å². The molecule has 1 aliphatic heterocycles. The molecule has 0 fully saturated rings. The van der Waals surface area contributed by atoms with Gasteiger partial charge in [-0.2, -0.15) is 5.26 Å². The van der Waals surface area contributed by atoms with Crippen LogP contribution in [0.1, 0.15) is 85.0 Å². The standard InChI is InChI=1S/C40H51N9O8/c1-4-5-6-7-8-34-44-22-29(23(2)45-34)37(54)47-30(13-14-41)40(57)49(17-18-50)35-26-10-12-33(52)28(21-26)27-19-25(9-11-32(27)51)20-31(38(55)43-16-15-42)48-36(53)24(3)46-39(35)56/h9-12,19,21-22,24,30-31,35,50-52H,4-8,13-14,16-18,20,41H2,1-3H3,(H,43,55)(H,46,56)(H,47,54)(H,48,53)/t24-,30-,31-,35-/m0/s1. The van der Waals surface area contributed by atoms with Gasteiger partial charge in [-0.25, -0.2) is 9.97 Å². The molecule has 2 aromatic carbocycles. The van der Waals surface area contributed by atoms with Gasteiger partial charge in [0.25, 0.3) is 5.91 Å². The van der Waals surface area contributed by atoms with Crippen molar-refractivity contribution in [3.63, 3.8) is 0 Å². The number of aromatic nitrogens is 2. The number of unbranched alkanes of at least 4 members (excludes halogenated alkanes) is 3. The number of hydrogen-bond acceptors (Lipinski definition) is 12. The number of phenolic OH excluding ortho intramolecular Hbond substituents is 2. The molecule has 1 aliphatic rings. The van der Waals surface area contributed by atoms with Crippen LogP contribution in [0.2, 0.25) is 0 Å². The van der Waals surface area contributed by atoms with Crippen molar-refractivity contribution in [3.05, 3.63) is 70.8 Å². The number of aliphatic hydroxyl groups excluding tert-OH is 1. The van der Waals surface area contributed by atoms with Gasteiger partial charge in [0.05, 0.1) is 23.9 Å². The number of aromatic hydroxyl groups is 2. The molecule has 0 saturated carbocycles. The number of carbonyl (C=O) groups excluding carboxylic acids is 5. The van der Waals surface area contributed by atoms with E-state index < -0.39 is 66.9 Å². The van der Waals surface area contributed by atoms with Crippen LogP contribution in [0.3, 0.4) is 0 Å². The maximum atomic E-state index is 14.5. The predicted octanol–water partition coefficient (Wildman–Crippen LogP) is 1.18. The van der Waals surface area contributed by atoms with Gasteiger partial charge in [-0.3, -0.25) is 24.0 Å². The zero-order valence-corrected chi connectivity index (χ0v) is 32.4. The third kappa shape index (κ3) is 11.2. The molecular weight excluding hydrogens is 734 g/mol. The van der Waals surface area contributed by atoms with Crippen molar-refractivity contribution in [1.29, 1.82) is 5.26 Å². The Morgan fingerprint density at radius 1 is 1.05 bits per heavy atom. The highest BCUT2D eigenvalue weighted by Crippen LogP contribution is 2.39. The predicted molar refractivity (Wildman–Crippen MR) is 208 cm³/mol. The molecule has 57 heavy (non-hydrogen) atoms. The maximum absolute atomic E-state index is 14.5. The Balaban J connectivity index is 1.76. The molecule has 17 nitrogen and oxygen atoms in total. The molecule has 0 saturated heterocycles. The summed E-state index contributed by atoms with van der Waals surface area (Å²) in [4.78, 5) is 79.0. The highest BCUT2D eigenvalue weighted by molar-refractivity contribution is 6.00. The van der Waals surface area contributed by atoms with E-state index in [4.69, 9.17) is 11.0 Å². The van der Waals surface area contributed by atoms with Gasteiger partial charge in [0.2, 0.25) is 23.6 Å². The van der Waals surface area contributed by atoms with Crippen molar-refractivity contribution in [1.82, 2.24) is 36.1 Å². The SMILES string of the molecule is CCCCCCc1ncc(C(=O)N[C@@H](CCN)C(=O)N(CCO)[C@@H]2C(=O)N[C@@H](C)C(=O)N[C@H](C(=O)NCC#N)Cc3ccc(O)c(c3)-c3cc2ccc3O)c(C)n1. The van der Waals surface area contributed by atoms with Crippen molar-refractivity contribution < 1.29 is 39.3 Å². The number of aryl methyl sites for hydroxylation is 2. The summed E-state index contributed by atoms with van der Waals surface area (Å²) in [5, 5.41) is 51.6. The first-order chi connectivity index (χ1) is 27.3. The summed E-state index contributed by atoms with van der Waals surface area (Å²) in [7, 11) is 0. The van der Waals surface area contributed by atoms with E-state index in [0.717, 1.165) is 30.6 Å². The lowest BCUT2D eigenvalue weighted by Gasteiger charge is -2.35. The molecule has 0 aliphatic carbocycles. The van der Waals surface area contributed by atoms with Gasteiger partial charge in [-0.05, 0) is 68.6 Å². The molecular formula is C40H51N9O8. The van der Waals surface area contributed by atoms with Gasteiger partial charge in [-0.15, -0.1) is 0 Å². The molecule has 9 N–H and O–H groups in total. The van der Waals surface area contributed by atoms with E-state index >= 15 is 0 Å². The van der Waals surface area contributed by atoms with Crippen LogP contribution in [0.25, 0.3) is 11.1 Å². The lowest BCUT2D eigenvalue weighted by atomic mass is 9.93. The fourth-order valence-electron chi connectivity index (χ4n) is 6.59. The molecule has 5 amide bonds. The number of nitrogens with zero attached hydrogens (tertiary/aromatic N) is 4. The fraction of sp³-hybridized carbons (Fsp3) is 0.450. The summed E-state index contributed by atoms with van der Waals surface area (Å²) in [6.45, 7) is 3.74. The van der Waals surface area contributed by atoms with Crippen LogP contribution in [0.5, 0.6) is 11.5 Å². The Bertz CT molecular complexity index is 1980.